The van der Waals surface area contributed by atoms with E-state index in [9.17, 15) is 0 Å². The number of nitrogens with two attached hydrogens (primary N) is 1. The first-order chi connectivity index (χ1) is 10.3. The molecule has 21 heavy (non-hydrogen) atoms. The number of benzene rings is 2. The van der Waals surface area contributed by atoms with E-state index in [0.717, 1.165) is 26.3 Å². The van der Waals surface area contributed by atoms with Crippen LogP contribution in [0.15, 0.2) is 70.7 Å². The Bertz CT molecular complexity index is 910. The van der Waals surface area contributed by atoms with Gasteiger partial charge >= 0.3 is 0 Å². The van der Waals surface area contributed by atoms with Crippen molar-refractivity contribution < 1.29 is 0 Å². The predicted molar refractivity (Wildman–Crippen MR) is 88.6 cm³/mol. The van der Waals surface area contributed by atoms with Crippen LogP contribution in [0.2, 0.25) is 0 Å². The van der Waals surface area contributed by atoms with Crippen molar-refractivity contribution >= 4 is 39.3 Å². The maximum Gasteiger partial charge on any atom is 0.0942 e. The highest BCUT2D eigenvalue weighted by Gasteiger charge is 2.08. The number of aromatic nitrogens is 2. The fourth-order valence-corrected chi connectivity index (χ4v) is 3.47. The van der Waals surface area contributed by atoms with Gasteiger partial charge in [-0.25, -0.2) is 0 Å². The Labute approximate surface area is 126 Å². The molecule has 0 bridgehead atoms. The van der Waals surface area contributed by atoms with E-state index in [4.69, 9.17) is 5.73 Å². The summed E-state index contributed by atoms with van der Waals surface area (Å²) in [6, 6.07) is 18.4. The lowest BCUT2D eigenvalue weighted by atomic mass is 10.2. The van der Waals surface area contributed by atoms with E-state index in [1.165, 1.54) is 5.39 Å². The molecule has 2 heterocycles. The Balaban J connectivity index is 1.82. The fourth-order valence-electron chi connectivity index (χ4n) is 2.48. The van der Waals surface area contributed by atoms with Crippen molar-refractivity contribution in [2.24, 2.45) is 0 Å². The number of nitrogens with zero attached hydrogens (tertiary/aromatic N) is 1. The lowest BCUT2D eigenvalue weighted by Crippen LogP contribution is -1.90. The van der Waals surface area contributed by atoms with Crippen LogP contribution in [-0.2, 0) is 0 Å². The predicted octanol–water partition coefficient (Wildman–Crippen LogP) is 4.45. The quantitative estimate of drug-likeness (QED) is 0.536. The van der Waals surface area contributed by atoms with Crippen LogP contribution in [0.25, 0.3) is 21.8 Å². The molecule has 3 N–H and O–H groups in total. The van der Waals surface area contributed by atoms with Gasteiger partial charge in [0.15, 0.2) is 0 Å². The zero-order valence-electron chi connectivity index (χ0n) is 11.2. The van der Waals surface area contributed by atoms with Crippen LogP contribution in [-0.4, -0.2) is 9.97 Å². The van der Waals surface area contributed by atoms with Crippen LogP contribution in [0.4, 0.5) is 5.69 Å². The number of hydrogen-bond donors (Lipinski definition) is 2. The first-order valence-electron chi connectivity index (χ1n) is 6.70. The van der Waals surface area contributed by atoms with Crippen molar-refractivity contribution in [3.05, 3.63) is 60.8 Å². The molecule has 0 radical (unpaired) electrons. The minimum Gasteiger partial charge on any atom is -0.397 e. The van der Waals surface area contributed by atoms with E-state index in [-0.39, 0.29) is 0 Å². The number of pyridine rings is 1. The molecule has 0 unspecified atom stereocenters. The highest BCUT2D eigenvalue weighted by atomic mass is 32.2. The maximum absolute atomic E-state index is 6.00. The van der Waals surface area contributed by atoms with Crippen LogP contribution in [0.5, 0.6) is 0 Å². The molecule has 0 saturated heterocycles. The molecule has 2 aromatic heterocycles. The molecular formula is C17H13N3S. The Morgan fingerprint density at radius 2 is 1.90 bits per heavy atom. The Kier molecular flexibility index (Phi) is 2.82. The molecule has 4 heteroatoms. The minimum absolute atomic E-state index is 0.714. The van der Waals surface area contributed by atoms with Gasteiger partial charge in [0.05, 0.1) is 16.2 Å². The molecule has 3 nitrogen and oxygen atoms in total. The lowest BCUT2D eigenvalue weighted by Gasteiger charge is -2.06. The number of nitrogens with one attached hydrogen (secondary N) is 1. The van der Waals surface area contributed by atoms with Crippen LogP contribution in [0, 0.1) is 0 Å². The van der Waals surface area contributed by atoms with E-state index in [1.54, 1.807) is 18.0 Å². The van der Waals surface area contributed by atoms with Crippen LogP contribution in [0.3, 0.4) is 0 Å². The van der Waals surface area contributed by atoms with E-state index in [2.05, 4.69) is 40.3 Å². The Morgan fingerprint density at radius 1 is 1.00 bits per heavy atom. The van der Waals surface area contributed by atoms with Gasteiger partial charge in [-0.15, -0.1) is 0 Å². The molecule has 0 saturated carbocycles. The van der Waals surface area contributed by atoms with E-state index in [1.807, 2.05) is 24.3 Å². The summed E-state index contributed by atoms with van der Waals surface area (Å²) in [7, 11) is 0. The van der Waals surface area contributed by atoms with Crippen molar-refractivity contribution in [1.29, 1.82) is 0 Å². The first kappa shape index (κ1) is 12.3. The number of nitrogen functional groups attached to an aromatic ring is 1. The third-order valence-electron chi connectivity index (χ3n) is 3.49. The molecule has 0 spiro atoms. The SMILES string of the molecule is Nc1ccc(Sc2cc3ccccc3[nH]2)c2cccnc12. The minimum atomic E-state index is 0.714. The second kappa shape index (κ2) is 4.82. The van der Waals surface area contributed by atoms with Crippen LogP contribution < -0.4 is 5.73 Å². The average Bonchev–Trinajstić information content (AvgIpc) is 2.93. The summed E-state index contributed by atoms with van der Waals surface area (Å²) in [5, 5.41) is 3.42. The molecule has 2 aromatic carbocycles. The molecule has 0 aliphatic rings. The third kappa shape index (κ3) is 2.14. The number of rotatable bonds is 2. The summed E-state index contributed by atoms with van der Waals surface area (Å²) in [6.07, 6.45) is 1.77. The van der Waals surface area contributed by atoms with Crippen molar-refractivity contribution in [2.45, 2.75) is 9.92 Å². The molecular weight excluding hydrogens is 278 g/mol. The zero-order valence-corrected chi connectivity index (χ0v) is 12.0. The van der Waals surface area contributed by atoms with Gasteiger partial charge in [0.25, 0.3) is 0 Å². The number of hydrogen-bond acceptors (Lipinski definition) is 3. The number of para-hydroxylation sites is 1. The topological polar surface area (TPSA) is 54.7 Å². The highest BCUT2D eigenvalue weighted by molar-refractivity contribution is 7.99. The number of anilines is 1. The molecule has 4 rings (SSSR count). The Morgan fingerprint density at radius 3 is 2.81 bits per heavy atom. The summed E-state index contributed by atoms with van der Waals surface area (Å²) in [4.78, 5) is 8.96. The maximum atomic E-state index is 6.00. The van der Waals surface area contributed by atoms with Crippen molar-refractivity contribution in [2.75, 3.05) is 5.73 Å². The summed E-state index contributed by atoms with van der Waals surface area (Å²) in [5.74, 6) is 0. The molecule has 4 aromatic rings. The standard InChI is InChI=1S/C17H13N3S/c18-13-7-8-15(12-5-3-9-19-17(12)13)21-16-10-11-4-1-2-6-14(11)20-16/h1-10,20H,18H2. The first-order valence-corrected chi connectivity index (χ1v) is 7.52. The van der Waals surface area contributed by atoms with Gasteiger partial charge in [-0.1, -0.05) is 36.0 Å². The number of fused-ring (bicyclic) bond motifs is 2. The largest absolute Gasteiger partial charge is 0.397 e. The normalized spacial score (nSPS) is 11.2. The Hall–Kier alpha value is -2.46. The summed E-state index contributed by atoms with van der Waals surface area (Å²) in [6.45, 7) is 0. The molecule has 0 atom stereocenters. The number of aromatic amines is 1. The second-order valence-corrected chi connectivity index (χ2v) is 5.96. The van der Waals surface area contributed by atoms with E-state index >= 15 is 0 Å². The highest BCUT2D eigenvalue weighted by Crippen LogP contribution is 2.35. The summed E-state index contributed by atoms with van der Waals surface area (Å²) < 4.78 is 0. The van der Waals surface area contributed by atoms with E-state index in [0.29, 0.717) is 5.69 Å². The lowest BCUT2D eigenvalue weighted by molar-refractivity contribution is 1.24. The zero-order chi connectivity index (χ0) is 14.2. The van der Waals surface area contributed by atoms with Crippen molar-refractivity contribution in [3.63, 3.8) is 0 Å². The van der Waals surface area contributed by atoms with Crippen molar-refractivity contribution in [1.82, 2.24) is 9.97 Å². The van der Waals surface area contributed by atoms with Crippen LogP contribution in [0.1, 0.15) is 0 Å². The van der Waals surface area contributed by atoms with E-state index < -0.39 is 0 Å². The average molecular weight is 291 g/mol. The van der Waals surface area contributed by atoms with Gasteiger partial charge in [-0.2, -0.15) is 0 Å². The van der Waals surface area contributed by atoms with Gasteiger partial charge in [0.1, 0.15) is 0 Å². The molecule has 0 fully saturated rings. The van der Waals surface area contributed by atoms with Gasteiger partial charge < -0.3 is 10.7 Å². The number of H-pyrrole nitrogens is 1. The van der Waals surface area contributed by atoms with Gasteiger partial charge in [-0.3, -0.25) is 4.98 Å². The summed E-state index contributed by atoms with van der Waals surface area (Å²) in [5.41, 5.74) is 8.73. The second-order valence-electron chi connectivity index (χ2n) is 4.88. The summed E-state index contributed by atoms with van der Waals surface area (Å²) >= 11 is 1.70. The third-order valence-corrected chi connectivity index (χ3v) is 4.50. The molecule has 102 valence electrons. The monoisotopic (exact) mass is 291 g/mol. The molecule has 0 aliphatic heterocycles. The smallest absolute Gasteiger partial charge is 0.0942 e. The van der Waals surface area contributed by atoms with Crippen LogP contribution >= 0.6 is 11.8 Å². The van der Waals surface area contributed by atoms with Gasteiger partial charge in [0.2, 0.25) is 0 Å². The van der Waals surface area contributed by atoms with Gasteiger partial charge in [-0.05, 0) is 30.3 Å². The fraction of sp³-hybridized carbons (Fsp3) is 0. The molecule has 0 amide bonds. The van der Waals surface area contributed by atoms with Crippen molar-refractivity contribution in [3.8, 4) is 0 Å². The van der Waals surface area contributed by atoms with Gasteiger partial charge in [0, 0.05) is 27.4 Å². The molecule has 0 aliphatic carbocycles.